The topological polar surface area (TPSA) is 112 Å². The first-order chi connectivity index (χ1) is 14.5. The first-order valence-corrected chi connectivity index (χ1v) is 9.98. The van der Waals surface area contributed by atoms with E-state index >= 15 is 0 Å². The Morgan fingerprint density at radius 2 is 1.90 bits per heavy atom. The number of nitrogens with one attached hydrogen (secondary N) is 2. The quantitative estimate of drug-likeness (QED) is 0.538. The number of urea groups is 1. The number of methoxy groups -OCH3 is 1. The van der Waals surface area contributed by atoms with Crippen LogP contribution in [0.4, 0.5) is 4.79 Å². The molecule has 2 aliphatic rings. The minimum Gasteiger partial charge on any atom is -0.493 e. The lowest BCUT2D eigenvalue weighted by atomic mass is 9.96. The summed E-state index contributed by atoms with van der Waals surface area (Å²) in [5.74, 6) is 0.130. The summed E-state index contributed by atoms with van der Waals surface area (Å²) in [6, 6.07) is 2.92. The average Bonchev–Trinajstić information content (AvgIpc) is 2.76. The summed E-state index contributed by atoms with van der Waals surface area (Å²) >= 11 is 0. The molecule has 1 heterocycles. The monoisotopic (exact) mass is 418 g/mol. The molecule has 3 rings (SSSR count). The van der Waals surface area contributed by atoms with Gasteiger partial charge in [-0.25, -0.2) is 9.59 Å². The molecule has 0 atom stereocenters. The molecule has 1 aromatic carbocycles. The minimum absolute atomic E-state index is 0.0834. The first kappa shape index (κ1) is 21.5. The standard InChI is InChI=1S/C21H26N2O7/c1-27-16-11-14(12-17-20(16)29-10-9-28-17)7-8-19(25)30-13-18(24)23-21(26)22-15-5-3-2-4-6-15/h7-8,11-12,15H,2-6,9-10,13H2,1H3,(H2,22,23,24,26)/b8-7+. The maximum absolute atomic E-state index is 11.9. The van der Waals surface area contributed by atoms with E-state index in [-0.39, 0.29) is 6.04 Å². The van der Waals surface area contributed by atoms with Gasteiger partial charge in [0.2, 0.25) is 5.75 Å². The second-order valence-electron chi connectivity index (χ2n) is 7.04. The van der Waals surface area contributed by atoms with Gasteiger partial charge in [0.15, 0.2) is 18.1 Å². The Labute approximate surface area is 174 Å². The Morgan fingerprint density at radius 1 is 1.13 bits per heavy atom. The van der Waals surface area contributed by atoms with E-state index in [9.17, 15) is 14.4 Å². The van der Waals surface area contributed by atoms with Gasteiger partial charge in [-0.15, -0.1) is 0 Å². The molecule has 0 saturated heterocycles. The molecule has 1 aromatic rings. The predicted molar refractivity (Wildman–Crippen MR) is 108 cm³/mol. The molecule has 1 fully saturated rings. The van der Waals surface area contributed by atoms with Crippen molar-refractivity contribution in [2.45, 2.75) is 38.1 Å². The van der Waals surface area contributed by atoms with Gasteiger partial charge < -0.3 is 24.3 Å². The van der Waals surface area contributed by atoms with Crippen LogP contribution in [0.1, 0.15) is 37.7 Å². The van der Waals surface area contributed by atoms with Crippen molar-refractivity contribution in [1.29, 1.82) is 0 Å². The molecule has 2 N–H and O–H groups in total. The van der Waals surface area contributed by atoms with Gasteiger partial charge in [-0.1, -0.05) is 19.3 Å². The molecular weight excluding hydrogens is 392 g/mol. The van der Waals surface area contributed by atoms with Gasteiger partial charge in [-0.2, -0.15) is 0 Å². The van der Waals surface area contributed by atoms with Gasteiger partial charge in [0.1, 0.15) is 13.2 Å². The zero-order chi connectivity index (χ0) is 21.3. The number of hydrogen-bond acceptors (Lipinski definition) is 7. The van der Waals surface area contributed by atoms with E-state index in [1.807, 2.05) is 0 Å². The number of ether oxygens (including phenoxy) is 4. The number of amides is 3. The third-order valence-electron chi connectivity index (χ3n) is 4.80. The highest BCUT2D eigenvalue weighted by Gasteiger charge is 2.19. The Bertz CT molecular complexity index is 799. The molecule has 1 aliphatic heterocycles. The van der Waals surface area contributed by atoms with Gasteiger partial charge in [0.05, 0.1) is 7.11 Å². The van der Waals surface area contributed by atoms with E-state index in [2.05, 4.69) is 10.6 Å². The van der Waals surface area contributed by atoms with Crippen LogP contribution in [0.25, 0.3) is 6.08 Å². The fourth-order valence-electron chi connectivity index (χ4n) is 3.37. The summed E-state index contributed by atoms with van der Waals surface area (Å²) in [7, 11) is 1.51. The number of imide groups is 1. The fourth-order valence-corrected chi connectivity index (χ4v) is 3.37. The lowest BCUT2D eigenvalue weighted by Crippen LogP contribution is -2.46. The molecule has 0 spiro atoms. The van der Waals surface area contributed by atoms with Crippen molar-refractivity contribution >= 4 is 24.0 Å². The molecule has 3 amide bonds. The van der Waals surface area contributed by atoms with Crippen LogP contribution in [0.2, 0.25) is 0 Å². The lowest BCUT2D eigenvalue weighted by molar-refractivity contribution is -0.143. The number of fused-ring (bicyclic) bond motifs is 1. The second kappa shape index (κ2) is 10.5. The van der Waals surface area contributed by atoms with Gasteiger partial charge in [0.25, 0.3) is 5.91 Å². The molecule has 0 unspecified atom stereocenters. The van der Waals surface area contributed by atoms with Crippen LogP contribution in [0.15, 0.2) is 18.2 Å². The molecule has 0 radical (unpaired) electrons. The third kappa shape index (κ3) is 6.13. The zero-order valence-corrected chi connectivity index (χ0v) is 16.9. The molecule has 0 bridgehead atoms. The molecule has 162 valence electrons. The van der Waals surface area contributed by atoms with Crippen LogP contribution in [-0.2, 0) is 14.3 Å². The Balaban J connectivity index is 1.45. The molecule has 30 heavy (non-hydrogen) atoms. The Kier molecular flexibility index (Phi) is 7.53. The maximum Gasteiger partial charge on any atom is 0.331 e. The second-order valence-corrected chi connectivity index (χ2v) is 7.04. The number of esters is 1. The van der Waals surface area contributed by atoms with Crippen molar-refractivity contribution in [3.8, 4) is 17.2 Å². The van der Waals surface area contributed by atoms with Crippen LogP contribution in [0.3, 0.4) is 0 Å². The third-order valence-corrected chi connectivity index (χ3v) is 4.80. The van der Waals surface area contributed by atoms with Gasteiger partial charge >= 0.3 is 12.0 Å². The van der Waals surface area contributed by atoms with E-state index in [1.54, 1.807) is 12.1 Å². The highest BCUT2D eigenvalue weighted by Crippen LogP contribution is 2.40. The van der Waals surface area contributed by atoms with Crippen molar-refractivity contribution < 1.29 is 33.3 Å². The summed E-state index contributed by atoms with van der Waals surface area (Å²) in [5, 5.41) is 4.93. The number of carbonyl (C=O) groups is 3. The molecule has 1 saturated carbocycles. The molecular formula is C21H26N2O7. The number of benzene rings is 1. The number of hydrogen-bond donors (Lipinski definition) is 2. The summed E-state index contributed by atoms with van der Waals surface area (Å²) in [5.41, 5.74) is 0.643. The Morgan fingerprint density at radius 3 is 2.67 bits per heavy atom. The van der Waals surface area contributed by atoms with Crippen molar-refractivity contribution in [1.82, 2.24) is 10.6 Å². The van der Waals surface area contributed by atoms with Gasteiger partial charge in [-0.3, -0.25) is 10.1 Å². The zero-order valence-electron chi connectivity index (χ0n) is 16.9. The van der Waals surface area contributed by atoms with Crippen molar-refractivity contribution in [2.75, 3.05) is 26.9 Å². The van der Waals surface area contributed by atoms with E-state index in [0.29, 0.717) is 36.0 Å². The summed E-state index contributed by atoms with van der Waals surface area (Å²) in [6.07, 6.45) is 7.81. The summed E-state index contributed by atoms with van der Waals surface area (Å²) in [4.78, 5) is 35.5. The van der Waals surface area contributed by atoms with Gasteiger partial charge in [0, 0.05) is 12.1 Å². The van der Waals surface area contributed by atoms with Crippen LogP contribution < -0.4 is 24.8 Å². The Hall–Kier alpha value is -3.23. The fraction of sp³-hybridized carbons (Fsp3) is 0.476. The largest absolute Gasteiger partial charge is 0.493 e. The SMILES string of the molecule is COc1cc(/C=C/C(=O)OCC(=O)NC(=O)NC2CCCCC2)cc2c1OCCO2. The minimum atomic E-state index is -0.716. The van der Waals surface area contributed by atoms with Crippen LogP contribution in [-0.4, -0.2) is 50.9 Å². The molecule has 9 nitrogen and oxygen atoms in total. The smallest absolute Gasteiger partial charge is 0.331 e. The lowest BCUT2D eigenvalue weighted by Gasteiger charge is -2.22. The van der Waals surface area contributed by atoms with Crippen LogP contribution >= 0.6 is 0 Å². The van der Waals surface area contributed by atoms with E-state index < -0.39 is 24.5 Å². The molecule has 0 aromatic heterocycles. The number of carbonyl (C=O) groups excluding carboxylic acids is 3. The van der Waals surface area contributed by atoms with Crippen molar-refractivity contribution in [3.05, 3.63) is 23.8 Å². The molecule has 9 heteroatoms. The summed E-state index contributed by atoms with van der Waals surface area (Å²) in [6.45, 7) is 0.312. The highest BCUT2D eigenvalue weighted by molar-refractivity contribution is 5.96. The van der Waals surface area contributed by atoms with Crippen molar-refractivity contribution in [3.63, 3.8) is 0 Å². The average molecular weight is 418 g/mol. The van der Waals surface area contributed by atoms with Crippen LogP contribution in [0.5, 0.6) is 17.2 Å². The number of rotatable bonds is 6. The van der Waals surface area contributed by atoms with E-state index in [1.165, 1.54) is 25.7 Å². The highest BCUT2D eigenvalue weighted by atomic mass is 16.6. The summed E-state index contributed by atoms with van der Waals surface area (Å²) < 4.78 is 21.2. The predicted octanol–water partition coefficient (Wildman–Crippen LogP) is 2.18. The first-order valence-electron chi connectivity index (χ1n) is 9.98. The van der Waals surface area contributed by atoms with Crippen LogP contribution in [0, 0.1) is 0 Å². The normalized spacial score (nSPS) is 16.0. The molecule has 1 aliphatic carbocycles. The van der Waals surface area contributed by atoms with E-state index in [0.717, 1.165) is 25.7 Å². The van der Waals surface area contributed by atoms with Gasteiger partial charge in [-0.05, 0) is 36.6 Å². The van der Waals surface area contributed by atoms with Crippen molar-refractivity contribution in [2.24, 2.45) is 0 Å². The maximum atomic E-state index is 11.9. The van der Waals surface area contributed by atoms with E-state index in [4.69, 9.17) is 18.9 Å².